The van der Waals surface area contributed by atoms with E-state index in [-0.39, 0.29) is 11.8 Å². The Balaban J connectivity index is 1.09. The standard InChI is InChI=1S/C34H36N4O2/c39-32(26-7-9-28(10-8-26)34-16-23-12-24(17-34)14-25(13-23)18-34)38-31(33(40)37-20-22-4-3-11-35-19-22)15-27-21-36-30-6-2-1-5-29(27)30/h1-11,19,21,23-25,31,36H,12-18,20H2,(H,37,40)(H,38,39). The lowest BCUT2D eigenvalue weighted by molar-refractivity contribution is -0.123. The predicted octanol–water partition coefficient (Wildman–Crippen LogP) is 5.69. The highest BCUT2D eigenvalue weighted by Crippen LogP contribution is 2.60. The van der Waals surface area contributed by atoms with E-state index >= 15 is 0 Å². The van der Waals surface area contributed by atoms with Gasteiger partial charge in [0.05, 0.1) is 0 Å². The van der Waals surface area contributed by atoms with Crippen molar-refractivity contribution in [3.63, 3.8) is 0 Å². The molecule has 2 aromatic carbocycles. The number of carbonyl (C=O) groups is 2. The second-order valence-corrected chi connectivity index (χ2v) is 12.4. The van der Waals surface area contributed by atoms with Gasteiger partial charge in [0.2, 0.25) is 5.91 Å². The summed E-state index contributed by atoms with van der Waals surface area (Å²) < 4.78 is 0. The fourth-order valence-electron chi connectivity index (χ4n) is 8.23. The molecular weight excluding hydrogens is 496 g/mol. The number of benzene rings is 2. The van der Waals surface area contributed by atoms with Gasteiger partial charge in [0, 0.05) is 48.0 Å². The van der Waals surface area contributed by atoms with Gasteiger partial charge in [-0.2, -0.15) is 0 Å². The second kappa shape index (κ2) is 10.2. The van der Waals surface area contributed by atoms with E-state index in [2.05, 4.69) is 32.7 Å². The Morgan fingerprint density at radius 3 is 2.35 bits per heavy atom. The van der Waals surface area contributed by atoms with Crippen LogP contribution in [0.1, 0.15) is 65.6 Å². The van der Waals surface area contributed by atoms with Gasteiger partial charge in [-0.05, 0) is 103 Å². The molecule has 2 aromatic heterocycles. The molecule has 0 aliphatic heterocycles. The predicted molar refractivity (Wildman–Crippen MR) is 156 cm³/mol. The van der Waals surface area contributed by atoms with E-state index in [1.165, 1.54) is 44.1 Å². The molecule has 8 rings (SSSR count). The summed E-state index contributed by atoms with van der Waals surface area (Å²) in [7, 11) is 0. The van der Waals surface area contributed by atoms with Gasteiger partial charge in [0.1, 0.15) is 6.04 Å². The van der Waals surface area contributed by atoms with Crippen LogP contribution < -0.4 is 10.6 Å². The monoisotopic (exact) mass is 532 g/mol. The van der Waals surface area contributed by atoms with E-state index in [1.807, 2.05) is 54.7 Å². The number of nitrogens with one attached hydrogen (secondary N) is 3. The highest BCUT2D eigenvalue weighted by Gasteiger charge is 2.51. The zero-order valence-electron chi connectivity index (χ0n) is 22.7. The lowest BCUT2D eigenvalue weighted by Crippen LogP contribution is -2.48. The Labute approximate surface area is 235 Å². The minimum Gasteiger partial charge on any atom is -0.361 e. The van der Waals surface area contributed by atoms with Crippen LogP contribution in [-0.4, -0.2) is 27.8 Å². The molecule has 0 spiro atoms. The molecule has 6 heteroatoms. The van der Waals surface area contributed by atoms with Gasteiger partial charge in [-0.15, -0.1) is 0 Å². The number of hydrogen-bond acceptors (Lipinski definition) is 3. The van der Waals surface area contributed by atoms with Gasteiger partial charge in [0.25, 0.3) is 5.91 Å². The number of hydrogen-bond donors (Lipinski definition) is 3. The van der Waals surface area contributed by atoms with Crippen molar-refractivity contribution in [1.29, 1.82) is 0 Å². The average molecular weight is 533 g/mol. The topological polar surface area (TPSA) is 86.9 Å². The van der Waals surface area contributed by atoms with Crippen LogP contribution in [0.25, 0.3) is 10.9 Å². The fraction of sp³-hybridized carbons (Fsp3) is 0.382. The molecule has 1 atom stereocenters. The van der Waals surface area contributed by atoms with Crippen LogP contribution in [-0.2, 0) is 23.2 Å². The van der Waals surface area contributed by atoms with E-state index < -0.39 is 6.04 Å². The molecule has 2 amide bonds. The number of aromatic amines is 1. The molecule has 6 nitrogen and oxygen atoms in total. The van der Waals surface area contributed by atoms with Crippen LogP contribution in [0.5, 0.6) is 0 Å². The zero-order valence-corrected chi connectivity index (χ0v) is 22.7. The number of amides is 2. The minimum atomic E-state index is -0.716. The molecule has 204 valence electrons. The molecule has 2 heterocycles. The van der Waals surface area contributed by atoms with Crippen LogP contribution in [0.15, 0.2) is 79.3 Å². The number of carbonyl (C=O) groups excluding carboxylic acids is 2. The van der Waals surface area contributed by atoms with Gasteiger partial charge in [-0.3, -0.25) is 14.6 Å². The fourth-order valence-corrected chi connectivity index (χ4v) is 8.23. The van der Waals surface area contributed by atoms with Crippen molar-refractivity contribution in [2.75, 3.05) is 0 Å². The smallest absolute Gasteiger partial charge is 0.251 e. The number of H-pyrrole nitrogens is 1. The van der Waals surface area contributed by atoms with Gasteiger partial charge in [0.15, 0.2) is 0 Å². The Bertz CT molecular complexity index is 1490. The molecule has 4 aliphatic carbocycles. The van der Waals surface area contributed by atoms with E-state index in [4.69, 9.17) is 0 Å². The second-order valence-electron chi connectivity index (χ2n) is 12.4. The number of rotatable bonds is 8. The van der Waals surface area contributed by atoms with Crippen molar-refractivity contribution in [3.8, 4) is 0 Å². The maximum atomic E-state index is 13.5. The van der Waals surface area contributed by atoms with Crippen molar-refractivity contribution in [1.82, 2.24) is 20.6 Å². The quantitative estimate of drug-likeness (QED) is 0.273. The van der Waals surface area contributed by atoms with Gasteiger partial charge >= 0.3 is 0 Å². The first-order valence-electron chi connectivity index (χ1n) is 14.7. The van der Waals surface area contributed by atoms with E-state index in [1.54, 1.807) is 12.4 Å². The third kappa shape index (κ3) is 4.80. The summed E-state index contributed by atoms with van der Waals surface area (Å²) in [6.07, 6.45) is 13.9. The van der Waals surface area contributed by atoms with Crippen LogP contribution in [0, 0.1) is 17.8 Å². The van der Waals surface area contributed by atoms with Gasteiger partial charge < -0.3 is 15.6 Å². The van der Waals surface area contributed by atoms with Crippen LogP contribution in [0.3, 0.4) is 0 Å². The molecule has 4 bridgehead atoms. The molecule has 0 radical (unpaired) electrons. The minimum absolute atomic E-state index is 0.215. The number of aromatic nitrogens is 2. The Kier molecular flexibility index (Phi) is 6.41. The maximum absolute atomic E-state index is 13.5. The molecule has 0 saturated heterocycles. The molecule has 4 fully saturated rings. The van der Waals surface area contributed by atoms with Gasteiger partial charge in [-0.1, -0.05) is 36.4 Å². The number of nitrogens with zero attached hydrogens (tertiary/aromatic N) is 1. The summed E-state index contributed by atoms with van der Waals surface area (Å²) in [5.74, 6) is 2.20. The molecule has 4 aliphatic rings. The van der Waals surface area contributed by atoms with Crippen molar-refractivity contribution in [2.24, 2.45) is 17.8 Å². The lowest BCUT2D eigenvalue weighted by Gasteiger charge is -2.57. The maximum Gasteiger partial charge on any atom is 0.251 e. The van der Waals surface area contributed by atoms with Crippen molar-refractivity contribution >= 4 is 22.7 Å². The molecule has 4 aromatic rings. The Morgan fingerprint density at radius 1 is 0.925 bits per heavy atom. The van der Waals surface area contributed by atoms with Crippen molar-refractivity contribution < 1.29 is 9.59 Å². The van der Waals surface area contributed by atoms with Crippen LogP contribution in [0.4, 0.5) is 0 Å². The van der Waals surface area contributed by atoms with Crippen molar-refractivity contribution in [2.45, 2.75) is 62.9 Å². The van der Waals surface area contributed by atoms with Crippen LogP contribution in [0.2, 0.25) is 0 Å². The summed E-state index contributed by atoms with van der Waals surface area (Å²) in [4.78, 5) is 34.3. The zero-order chi connectivity index (χ0) is 27.1. The largest absolute Gasteiger partial charge is 0.361 e. The number of para-hydroxylation sites is 1. The first-order chi connectivity index (χ1) is 19.5. The highest BCUT2D eigenvalue weighted by molar-refractivity contribution is 5.98. The summed E-state index contributed by atoms with van der Waals surface area (Å²) >= 11 is 0. The summed E-state index contributed by atoms with van der Waals surface area (Å²) in [5, 5.41) is 7.10. The Morgan fingerprint density at radius 2 is 1.65 bits per heavy atom. The molecular formula is C34H36N4O2. The number of fused-ring (bicyclic) bond motifs is 1. The van der Waals surface area contributed by atoms with Gasteiger partial charge in [-0.25, -0.2) is 0 Å². The molecule has 40 heavy (non-hydrogen) atoms. The summed E-state index contributed by atoms with van der Waals surface area (Å²) in [6.45, 7) is 0.354. The van der Waals surface area contributed by atoms with Crippen LogP contribution >= 0.6 is 0 Å². The normalized spacial score (nSPS) is 25.6. The number of pyridine rings is 1. The van der Waals surface area contributed by atoms with Crippen molar-refractivity contribution in [3.05, 3.63) is 102 Å². The third-order valence-corrected chi connectivity index (χ3v) is 9.71. The Hall–Kier alpha value is -3.93. The summed E-state index contributed by atoms with van der Waals surface area (Å²) in [5.41, 5.74) is 5.21. The first kappa shape index (κ1) is 25.1. The molecule has 3 N–H and O–H groups in total. The van der Waals surface area contributed by atoms with E-state index in [0.717, 1.165) is 39.8 Å². The average Bonchev–Trinajstić information content (AvgIpc) is 3.38. The first-order valence-corrected chi connectivity index (χ1v) is 14.7. The lowest BCUT2D eigenvalue weighted by atomic mass is 9.48. The highest BCUT2D eigenvalue weighted by atomic mass is 16.2. The van der Waals surface area contributed by atoms with E-state index in [9.17, 15) is 9.59 Å². The third-order valence-electron chi connectivity index (χ3n) is 9.71. The SMILES string of the molecule is O=C(NC(Cc1c[nH]c2ccccc12)C(=O)NCc1cccnc1)c1ccc(C23CC4CC(CC(C4)C2)C3)cc1. The van der Waals surface area contributed by atoms with E-state index in [0.29, 0.717) is 23.9 Å². The summed E-state index contributed by atoms with van der Waals surface area (Å²) in [6, 6.07) is 19.3. The molecule has 4 saturated carbocycles. The molecule has 1 unspecified atom stereocenters.